The van der Waals surface area contributed by atoms with E-state index in [2.05, 4.69) is 15.8 Å². The van der Waals surface area contributed by atoms with E-state index in [1.54, 1.807) is 6.92 Å². The lowest BCUT2D eigenvalue weighted by Crippen LogP contribution is -2.45. The molecule has 0 saturated carbocycles. The summed E-state index contributed by atoms with van der Waals surface area (Å²) in [4.78, 5) is 11.7. The van der Waals surface area contributed by atoms with Crippen LogP contribution in [0.1, 0.15) is 16.1 Å². The summed E-state index contributed by atoms with van der Waals surface area (Å²) in [5.74, 6) is 0.355. The van der Waals surface area contributed by atoms with Gasteiger partial charge < -0.3 is 19.9 Å². The van der Waals surface area contributed by atoms with E-state index in [0.717, 1.165) is 13.1 Å². The highest BCUT2D eigenvalue weighted by atomic mass is 16.5. The zero-order valence-electron chi connectivity index (χ0n) is 9.16. The topological polar surface area (TPSA) is 76.4 Å². The molecular weight excluding hydrogens is 210 g/mol. The minimum absolute atomic E-state index is 0.0397. The SMILES string of the molecule is Cc1oncc1C(=O)NCC1CNCCO1. The maximum absolute atomic E-state index is 11.7. The van der Waals surface area contributed by atoms with Gasteiger partial charge in [-0.2, -0.15) is 0 Å². The average molecular weight is 225 g/mol. The van der Waals surface area contributed by atoms with E-state index in [1.807, 2.05) is 0 Å². The number of rotatable bonds is 3. The number of ether oxygens (including phenoxy) is 1. The number of morpholine rings is 1. The van der Waals surface area contributed by atoms with Crippen LogP contribution in [0.4, 0.5) is 0 Å². The number of carbonyl (C=O) groups is 1. The lowest BCUT2D eigenvalue weighted by atomic mass is 10.2. The molecule has 1 unspecified atom stereocenters. The third kappa shape index (κ3) is 2.59. The zero-order chi connectivity index (χ0) is 11.4. The summed E-state index contributed by atoms with van der Waals surface area (Å²) in [6, 6.07) is 0. The van der Waals surface area contributed by atoms with Crippen LogP contribution >= 0.6 is 0 Å². The molecule has 6 nitrogen and oxygen atoms in total. The number of nitrogens with zero attached hydrogens (tertiary/aromatic N) is 1. The van der Waals surface area contributed by atoms with Crippen LogP contribution in [0.2, 0.25) is 0 Å². The van der Waals surface area contributed by atoms with Crippen molar-refractivity contribution in [2.24, 2.45) is 0 Å². The van der Waals surface area contributed by atoms with Crippen LogP contribution in [-0.4, -0.2) is 43.4 Å². The second-order valence-electron chi connectivity index (χ2n) is 3.70. The molecule has 2 rings (SSSR count). The summed E-state index contributed by atoms with van der Waals surface area (Å²) < 4.78 is 10.3. The standard InChI is InChI=1S/C10H15N3O3/c1-7-9(6-13-16-7)10(14)12-5-8-4-11-2-3-15-8/h6,8,11H,2-5H2,1H3,(H,12,14). The molecule has 1 aliphatic heterocycles. The Labute approximate surface area is 93.3 Å². The average Bonchev–Trinajstić information content (AvgIpc) is 2.74. The minimum Gasteiger partial charge on any atom is -0.374 e. The second kappa shape index (κ2) is 5.09. The molecule has 0 bridgehead atoms. The molecule has 0 aliphatic carbocycles. The normalized spacial score (nSPS) is 20.7. The van der Waals surface area contributed by atoms with Gasteiger partial charge in [0.25, 0.3) is 5.91 Å². The summed E-state index contributed by atoms with van der Waals surface area (Å²) in [6.07, 6.45) is 1.46. The van der Waals surface area contributed by atoms with Crippen LogP contribution in [0.15, 0.2) is 10.7 Å². The van der Waals surface area contributed by atoms with Gasteiger partial charge in [0, 0.05) is 19.6 Å². The van der Waals surface area contributed by atoms with Crippen molar-refractivity contribution in [3.63, 3.8) is 0 Å². The van der Waals surface area contributed by atoms with E-state index in [0.29, 0.717) is 24.5 Å². The first kappa shape index (κ1) is 11.1. The van der Waals surface area contributed by atoms with Crippen LogP contribution in [0.25, 0.3) is 0 Å². The Hall–Kier alpha value is -1.40. The first-order valence-electron chi connectivity index (χ1n) is 5.29. The van der Waals surface area contributed by atoms with Gasteiger partial charge in [-0.3, -0.25) is 4.79 Å². The number of aromatic nitrogens is 1. The van der Waals surface area contributed by atoms with Crippen molar-refractivity contribution in [3.8, 4) is 0 Å². The molecule has 88 valence electrons. The van der Waals surface area contributed by atoms with Gasteiger partial charge in [0.2, 0.25) is 0 Å². The largest absolute Gasteiger partial charge is 0.374 e. The lowest BCUT2D eigenvalue weighted by Gasteiger charge is -2.23. The number of amides is 1. The van der Waals surface area contributed by atoms with Crippen molar-refractivity contribution >= 4 is 5.91 Å². The molecule has 1 aromatic rings. The summed E-state index contributed by atoms with van der Waals surface area (Å²) in [7, 11) is 0. The van der Waals surface area contributed by atoms with E-state index < -0.39 is 0 Å². The Balaban J connectivity index is 1.81. The molecule has 16 heavy (non-hydrogen) atoms. The molecule has 1 saturated heterocycles. The van der Waals surface area contributed by atoms with Gasteiger partial charge >= 0.3 is 0 Å². The van der Waals surface area contributed by atoms with Crippen molar-refractivity contribution in [1.82, 2.24) is 15.8 Å². The molecular formula is C10H15N3O3. The smallest absolute Gasteiger partial charge is 0.256 e. The first-order chi connectivity index (χ1) is 7.77. The van der Waals surface area contributed by atoms with Crippen molar-refractivity contribution < 1.29 is 14.1 Å². The highest BCUT2D eigenvalue weighted by Crippen LogP contribution is 2.05. The van der Waals surface area contributed by atoms with Gasteiger partial charge in [-0.15, -0.1) is 0 Å². The number of aryl methyl sites for hydroxylation is 1. The maximum atomic E-state index is 11.7. The Kier molecular flexibility index (Phi) is 3.53. The van der Waals surface area contributed by atoms with Gasteiger partial charge in [0.05, 0.1) is 18.9 Å². The van der Waals surface area contributed by atoms with E-state index >= 15 is 0 Å². The fourth-order valence-electron chi connectivity index (χ4n) is 1.57. The summed E-state index contributed by atoms with van der Waals surface area (Å²) in [6.45, 7) is 4.53. The zero-order valence-corrected chi connectivity index (χ0v) is 9.16. The number of hydrogen-bond acceptors (Lipinski definition) is 5. The van der Waals surface area contributed by atoms with Crippen LogP contribution in [-0.2, 0) is 4.74 Å². The van der Waals surface area contributed by atoms with Crippen LogP contribution in [0, 0.1) is 6.92 Å². The number of hydrogen-bond donors (Lipinski definition) is 2. The fourth-order valence-corrected chi connectivity index (χ4v) is 1.57. The third-order valence-corrected chi connectivity index (χ3v) is 2.49. The number of nitrogens with one attached hydrogen (secondary N) is 2. The van der Waals surface area contributed by atoms with Crippen molar-refractivity contribution in [2.75, 3.05) is 26.2 Å². The molecule has 1 aromatic heterocycles. The molecule has 2 N–H and O–H groups in total. The predicted octanol–water partition coefficient (Wildman–Crippen LogP) is -0.299. The second-order valence-corrected chi connectivity index (χ2v) is 3.70. The van der Waals surface area contributed by atoms with E-state index in [9.17, 15) is 4.79 Å². The van der Waals surface area contributed by atoms with Gasteiger partial charge in [-0.1, -0.05) is 5.16 Å². The molecule has 6 heteroatoms. The Morgan fingerprint density at radius 3 is 3.25 bits per heavy atom. The van der Waals surface area contributed by atoms with Gasteiger partial charge in [0.15, 0.2) is 0 Å². The van der Waals surface area contributed by atoms with E-state index in [1.165, 1.54) is 6.20 Å². The maximum Gasteiger partial charge on any atom is 0.256 e. The van der Waals surface area contributed by atoms with Crippen LogP contribution in [0.3, 0.4) is 0 Å². The molecule has 2 heterocycles. The van der Waals surface area contributed by atoms with Crippen LogP contribution < -0.4 is 10.6 Å². The predicted molar refractivity (Wildman–Crippen MR) is 56.2 cm³/mol. The Morgan fingerprint density at radius 1 is 1.75 bits per heavy atom. The van der Waals surface area contributed by atoms with Gasteiger partial charge in [-0.05, 0) is 6.92 Å². The first-order valence-corrected chi connectivity index (χ1v) is 5.29. The summed E-state index contributed by atoms with van der Waals surface area (Å²) in [5, 5.41) is 9.55. The summed E-state index contributed by atoms with van der Waals surface area (Å²) >= 11 is 0. The molecule has 1 amide bonds. The molecule has 0 radical (unpaired) electrons. The lowest BCUT2D eigenvalue weighted by molar-refractivity contribution is 0.0287. The van der Waals surface area contributed by atoms with Crippen LogP contribution in [0.5, 0.6) is 0 Å². The van der Waals surface area contributed by atoms with Crippen molar-refractivity contribution in [2.45, 2.75) is 13.0 Å². The quantitative estimate of drug-likeness (QED) is 0.738. The summed E-state index contributed by atoms with van der Waals surface area (Å²) in [5.41, 5.74) is 0.476. The number of carbonyl (C=O) groups excluding carboxylic acids is 1. The third-order valence-electron chi connectivity index (χ3n) is 2.49. The van der Waals surface area contributed by atoms with Crippen molar-refractivity contribution in [1.29, 1.82) is 0 Å². The van der Waals surface area contributed by atoms with Crippen molar-refractivity contribution in [3.05, 3.63) is 17.5 Å². The van der Waals surface area contributed by atoms with E-state index in [4.69, 9.17) is 9.26 Å². The Bertz CT molecular complexity index is 358. The molecule has 0 aromatic carbocycles. The minimum atomic E-state index is -0.173. The van der Waals surface area contributed by atoms with E-state index in [-0.39, 0.29) is 12.0 Å². The molecule has 1 fully saturated rings. The molecule has 0 spiro atoms. The highest BCUT2D eigenvalue weighted by Gasteiger charge is 2.17. The van der Waals surface area contributed by atoms with Gasteiger partial charge in [-0.25, -0.2) is 0 Å². The van der Waals surface area contributed by atoms with Gasteiger partial charge in [0.1, 0.15) is 11.3 Å². The molecule has 1 aliphatic rings. The Morgan fingerprint density at radius 2 is 2.62 bits per heavy atom. The fraction of sp³-hybridized carbons (Fsp3) is 0.600. The highest BCUT2D eigenvalue weighted by molar-refractivity contribution is 5.94. The molecule has 1 atom stereocenters. The monoisotopic (exact) mass is 225 g/mol.